The lowest BCUT2D eigenvalue weighted by Crippen LogP contribution is -2.16. The predicted octanol–water partition coefficient (Wildman–Crippen LogP) is 6.07. The number of imidazole rings is 1. The van der Waals surface area contributed by atoms with Crippen LogP contribution in [0.15, 0.2) is 42.6 Å². The van der Waals surface area contributed by atoms with Crippen molar-refractivity contribution in [2.75, 3.05) is 0 Å². The number of fused-ring (bicyclic) bond motifs is 2. The molecule has 4 aromatic heterocycles. The molecule has 0 aliphatic carbocycles. The van der Waals surface area contributed by atoms with Gasteiger partial charge in [0.05, 0.1) is 5.69 Å². The van der Waals surface area contributed by atoms with Gasteiger partial charge < -0.3 is 0 Å². The van der Waals surface area contributed by atoms with Crippen molar-refractivity contribution < 1.29 is 0 Å². The number of rotatable bonds is 2. The third-order valence-corrected chi connectivity index (χ3v) is 6.77. The van der Waals surface area contributed by atoms with E-state index in [0.717, 1.165) is 32.6 Å². The van der Waals surface area contributed by atoms with Gasteiger partial charge in [0.25, 0.3) is 0 Å². The number of hydrogen-bond donors (Lipinski definition) is 0. The van der Waals surface area contributed by atoms with E-state index in [1.807, 2.05) is 40.2 Å². The van der Waals surface area contributed by atoms with E-state index in [9.17, 15) is 0 Å². The maximum absolute atomic E-state index is 4.96. The highest BCUT2D eigenvalue weighted by molar-refractivity contribution is 7.19. The molecule has 0 aliphatic heterocycles. The molecule has 0 spiro atoms. The second-order valence-corrected chi connectivity index (χ2v) is 11.4. The molecule has 32 heavy (non-hydrogen) atoms. The van der Waals surface area contributed by atoms with Crippen molar-refractivity contribution in [3.63, 3.8) is 0 Å². The lowest BCUT2D eigenvalue weighted by atomic mass is 9.79. The molecule has 0 saturated carbocycles. The zero-order valence-electron chi connectivity index (χ0n) is 19.6. The molecule has 6 nitrogen and oxygen atoms in total. The van der Waals surface area contributed by atoms with Crippen LogP contribution in [0.5, 0.6) is 0 Å². The molecule has 164 valence electrons. The summed E-state index contributed by atoms with van der Waals surface area (Å²) in [6.45, 7) is 15.5. The van der Waals surface area contributed by atoms with Gasteiger partial charge in [-0.1, -0.05) is 65.0 Å². The van der Waals surface area contributed by atoms with Gasteiger partial charge in [0.15, 0.2) is 0 Å². The van der Waals surface area contributed by atoms with Gasteiger partial charge in [-0.2, -0.15) is 9.61 Å². The molecule has 4 heterocycles. The van der Waals surface area contributed by atoms with Crippen LogP contribution in [0.1, 0.15) is 58.4 Å². The Morgan fingerprint density at radius 1 is 0.875 bits per heavy atom. The van der Waals surface area contributed by atoms with Crippen molar-refractivity contribution in [1.29, 1.82) is 0 Å². The van der Waals surface area contributed by atoms with E-state index in [4.69, 9.17) is 5.10 Å². The van der Waals surface area contributed by atoms with Crippen molar-refractivity contribution in [2.24, 2.45) is 0 Å². The topological polar surface area (TPSA) is 60.4 Å². The van der Waals surface area contributed by atoms with Crippen LogP contribution >= 0.6 is 11.3 Å². The molecular formula is C25H28N6S. The average molecular weight is 445 g/mol. The van der Waals surface area contributed by atoms with Gasteiger partial charge >= 0.3 is 0 Å². The van der Waals surface area contributed by atoms with Gasteiger partial charge in [0.2, 0.25) is 10.8 Å². The summed E-state index contributed by atoms with van der Waals surface area (Å²) in [5, 5.41) is 14.8. The van der Waals surface area contributed by atoms with Gasteiger partial charge in [-0.25, -0.2) is 4.98 Å². The Bertz CT molecular complexity index is 1420. The smallest absolute Gasteiger partial charge is 0.235 e. The fourth-order valence-corrected chi connectivity index (χ4v) is 4.71. The highest BCUT2D eigenvalue weighted by atomic mass is 32.1. The van der Waals surface area contributed by atoms with E-state index >= 15 is 0 Å². The molecule has 0 atom stereocenters. The third-order valence-electron chi connectivity index (χ3n) is 5.82. The Morgan fingerprint density at radius 2 is 1.56 bits per heavy atom. The second-order valence-electron chi connectivity index (χ2n) is 10.4. The highest BCUT2D eigenvalue weighted by Gasteiger charge is 2.24. The molecule has 7 heteroatoms. The van der Waals surface area contributed by atoms with Crippen LogP contribution in [0.25, 0.3) is 32.7 Å². The standard InChI is InChI=1S/C25H28N6S/c1-15-20(30-11-9-8-10-19(30)26-15)21-27-28-23-31(21)29-22(32-23)16-12-17(24(2,3)4)14-18(13-16)25(5,6)7/h8-14H,1-7H3. The van der Waals surface area contributed by atoms with Gasteiger partial charge in [-0.05, 0) is 53.1 Å². The molecule has 0 amide bonds. The quantitative estimate of drug-likeness (QED) is 0.331. The van der Waals surface area contributed by atoms with E-state index in [0.29, 0.717) is 5.82 Å². The Morgan fingerprint density at radius 3 is 2.22 bits per heavy atom. The van der Waals surface area contributed by atoms with Crippen LogP contribution in [-0.2, 0) is 10.8 Å². The molecule has 0 N–H and O–H groups in total. The number of aryl methyl sites for hydroxylation is 1. The summed E-state index contributed by atoms with van der Waals surface area (Å²) < 4.78 is 3.90. The number of benzene rings is 1. The summed E-state index contributed by atoms with van der Waals surface area (Å²) in [6.07, 6.45) is 2.00. The van der Waals surface area contributed by atoms with Gasteiger partial charge in [-0.3, -0.25) is 4.40 Å². The fraction of sp³-hybridized carbons (Fsp3) is 0.360. The molecule has 0 fully saturated rings. The largest absolute Gasteiger partial charge is 0.297 e. The molecule has 0 unspecified atom stereocenters. The van der Waals surface area contributed by atoms with Crippen LogP contribution in [0.3, 0.4) is 0 Å². The molecule has 0 radical (unpaired) electrons. The maximum Gasteiger partial charge on any atom is 0.235 e. The molecule has 0 saturated heterocycles. The Kier molecular flexibility index (Phi) is 4.53. The Hall–Kier alpha value is -3.06. The summed E-state index contributed by atoms with van der Waals surface area (Å²) in [7, 11) is 0. The van der Waals surface area contributed by atoms with Crippen LogP contribution in [0.2, 0.25) is 0 Å². The first kappa shape index (κ1) is 20.8. The number of nitrogens with zero attached hydrogens (tertiary/aromatic N) is 6. The van der Waals surface area contributed by atoms with Gasteiger partial charge in [0, 0.05) is 11.8 Å². The Balaban J connectivity index is 1.69. The van der Waals surface area contributed by atoms with E-state index in [-0.39, 0.29) is 10.8 Å². The first-order chi connectivity index (χ1) is 15.0. The lowest BCUT2D eigenvalue weighted by molar-refractivity contribution is 0.569. The minimum atomic E-state index is 0.0494. The number of hydrogen-bond acceptors (Lipinski definition) is 5. The molecule has 5 rings (SSSR count). The number of aromatic nitrogens is 6. The van der Waals surface area contributed by atoms with Crippen molar-refractivity contribution >= 4 is 21.9 Å². The molecule has 1 aromatic carbocycles. The van der Waals surface area contributed by atoms with Gasteiger partial charge in [0.1, 0.15) is 16.3 Å². The zero-order valence-corrected chi connectivity index (χ0v) is 20.4. The first-order valence-corrected chi connectivity index (χ1v) is 11.7. The van der Waals surface area contributed by atoms with Crippen molar-refractivity contribution in [3.8, 4) is 22.1 Å². The summed E-state index contributed by atoms with van der Waals surface area (Å²) in [5.41, 5.74) is 6.56. The second kappa shape index (κ2) is 6.97. The molecule has 0 aliphatic rings. The summed E-state index contributed by atoms with van der Waals surface area (Å²) >= 11 is 1.57. The minimum Gasteiger partial charge on any atom is -0.297 e. The highest BCUT2D eigenvalue weighted by Crippen LogP contribution is 2.36. The zero-order chi connectivity index (χ0) is 22.8. The van der Waals surface area contributed by atoms with Crippen molar-refractivity contribution in [2.45, 2.75) is 59.3 Å². The average Bonchev–Trinajstić information content (AvgIpc) is 3.38. The van der Waals surface area contributed by atoms with Crippen molar-refractivity contribution in [3.05, 3.63) is 59.4 Å². The fourth-order valence-electron chi connectivity index (χ4n) is 3.88. The first-order valence-electron chi connectivity index (χ1n) is 10.8. The van der Waals surface area contributed by atoms with Crippen LogP contribution in [-0.4, -0.2) is 29.2 Å². The van der Waals surface area contributed by atoms with Gasteiger partial charge in [-0.15, -0.1) is 10.2 Å². The van der Waals surface area contributed by atoms with Crippen LogP contribution in [0.4, 0.5) is 0 Å². The van der Waals surface area contributed by atoms with Crippen LogP contribution < -0.4 is 0 Å². The van der Waals surface area contributed by atoms with Crippen LogP contribution in [0, 0.1) is 6.92 Å². The van der Waals surface area contributed by atoms with E-state index in [2.05, 4.69) is 74.9 Å². The summed E-state index contributed by atoms with van der Waals surface area (Å²) in [5.74, 6) is 0.710. The predicted molar refractivity (Wildman–Crippen MR) is 130 cm³/mol. The monoisotopic (exact) mass is 444 g/mol. The molecule has 0 bridgehead atoms. The third kappa shape index (κ3) is 3.41. The summed E-state index contributed by atoms with van der Waals surface area (Å²) in [4.78, 5) is 5.45. The van der Waals surface area contributed by atoms with E-state index in [1.54, 1.807) is 11.3 Å². The van der Waals surface area contributed by atoms with Crippen molar-refractivity contribution in [1.82, 2.24) is 29.2 Å². The number of pyridine rings is 1. The lowest BCUT2D eigenvalue weighted by Gasteiger charge is -2.25. The molecular weight excluding hydrogens is 416 g/mol. The van der Waals surface area contributed by atoms with E-state index < -0.39 is 0 Å². The minimum absolute atomic E-state index is 0.0494. The molecule has 5 aromatic rings. The summed E-state index contributed by atoms with van der Waals surface area (Å²) in [6, 6.07) is 12.8. The maximum atomic E-state index is 4.96. The normalized spacial score (nSPS) is 12.8. The van der Waals surface area contributed by atoms with E-state index in [1.165, 1.54) is 11.1 Å². The Labute approximate surface area is 192 Å². The SMILES string of the molecule is Cc1nc2ccccn2c1-c1nnc2sc(-c3cc(C(C)(C)C)cc(C(C)(C)C)c3)nn12.